The van der Waals surface area contributed by atoms with Gasteiger partial charge in [0.2, 0.25) is 5.91 Å². The van der Waals surface area contributed by atoms with E-state index in [2.05, 4.69) is 17.0 Å². The summed E-state index contributed by atoms with van der Waals surface area (Å²) in [6, 6.07) is 7.69. The Labute approximate surface area is 158 Å². The van der Waals surface area contributed by atoms with Gasteiger partial charge in [-0.05, 0) is 42.0 Å². The smallest absolute Gasteiger partial charge is 0.251 e. The van der Waals surface area contributed by atoms with Crippen molar-refractivity contribution in [1.82, 2.24) is 9.78 Å². The summed E-state index contributed by atoms with van der Waals surface area (Å²) in [5.41, 5.74) is 11.7. The van der Waals surface area contributed by atoms with E-state index in [1.54, 1.807) is 0 Å². The summed E-state index contributed by atoms with van der Waals surface area (Å²) in [5.74, 6) is -2.75. The average molecular weight is 383 g/mol. The largest absolute Gasteiger partial charge is 0.382 e. The Morgan fingerprint density at radius 2 is 1.89 bits per heavy atom. The zero-order valence-corrected chi connectivity index (χ0v) is 14.4. The molecule has 0 saturated heterocycles. The number of amides is 2. The Balaban J connectivity index is 2.02. The van der Waals surface area contributed by atoms with Crippen LogP contribution in [0.2, 0.25) is 0 Å². The van der Waals surface area contributed by atoms with Crippen molar-refractivity contribution >= 4 is 23.3 Å². The van der Waals surface area contributed by atoms with Gasteiger partial charge >= 0.3 is 0 Å². The van der Waals surface area contributed by atoms with E-state index >= 15 is 0 Å². The molecule has 0 atom stereocenters. The molecular formula is C19H15F2N5O2. The van der Waals surface area contributed by atoms with Crippen LogP contribution in [-0.4, -0.2) is 21.6 Å². The summed E-state index contributed by atoms with van der Waals surface area (Å²) < 4.78 is 29.5. The fourth-order valence-corrected chi connectivity index (χ4v) is 2.57. The Bertz CT molecular complexity index is 1110. The second-order valence-electron chi connectivity index (χ2n) is 5.79. The molecular weight excluding hydrogens is 368 g/mol. The van der Waals surface area contributed by atoms with Crippen LogP contribution in [0.1, 0.15) is 10.4 Å². The Kier molecular flexibility index (Phi) is 4.90. The van der Waals surface area contributed by atoms with Crippen LogP contribution in [0, 0.1) is 11.6 Å². The number of benzene rings is 2. The predicted octanol–water partition coefficient (Wildman–Crippen LogP) is 2.62. The summed E-state index contributed by atoms with van der Waals surface area (Å²) in [7, 11) is 0. The Hall–Kier alpha value is -4.01. The lowest BCUT2D eigenvalue weighted by Gasteiger charge is -2.07. The van der Waals surface area contributed by atoms with Gasteiger partial charge in [0.25, 0.3) is 5.91 Å². The van der Waals surface area contributed by atoms with Gasteiger partial charge in [-0.25, -0.2) is 13.5 Å². The van der Waals surface area contributed by atoms with Gasteiger partial charge in [0.05, 0.1) is 5.56 Å². The Morgan fingerprint density at radius 3 is 2.54 bits per heavy atom. The number of nitrogen functional groups attached to an aromatic ring is 1. The zero-order valence-electron chi connectivity index (χ0n) is 14.4. The molecule has 0 fully saturated rings. The van der Waals surface area contributed by atoms with Crippen molar-refractivity contribution in [2.24, 2.45) is 5.73 Å². The number of rotatable bonds is 5. The van der Waals surface area contributed by atoms with Crippen molar-refractivity contribution in [1.29, 1.82) is 0 Å². The number of halogens is 2. The number of nitrogens with two attached hydrogens (primary N) is 2. The van der Waals surface area contributed by atoms with Crippen LogP contribution >= 0.6 is 0 Å². The van der Waals surface area contributed by atoms with Crippen LogP contribution in [0.3, 0.4) is 0 Å². The maximum atomic E-state index is 14.3. The molecule has 1 heterocycles. The molecule has 2 aromatic carbocycles. The van der Waals surface area contributed by atoms with Crippen LogP contribution in [0.25, 0.3) is 16.8 Å². The third-order valence-corrected chi connectivity index (χ3v) is 3.93. The third kappa shape index (κ3) is 3.58. The highest BCUT2D eigenvalue weighted by atomic mass is 19.1. The van der Waals surface area contributed by atoms with Gasteiger partial charge in [-0.3, -0.25) is 9.59 Å². The number of carbonyl (C=O) groups excluding carboxylic acids is 2. The zero-order chi connectivity index (χ0) is 20.4. The summed E-state index contributed by atoms with van der Waals surface area (Å²) in [5, 5.41) is 6.57. The fourth-order valence-electron chi connectivity index (χ4n) is 2.57. The quantitative estimate of drug-likeness (QED) is 0.587. The minimum atomic E-state index is -0.895. The molecule has 1 aromatic heterocycles. The summed E-state index contributed by atoms with van der Waals surface area (Å²) in [6.45, 7) is 3.35. The molecule has 3 rings (SSSR count). The molecule has 0 aliphatic carbocycles. The first-order chi connectivity index (χ1) is 13.3. The molecule has 0 aliphatic heterocycles. The highest BCUT2D eigenvalue weighted by molar-refractivity contribution is 5.99. The number of anilines is 2. The summed E-state index contributed by atoms with van der Waals surface area (Å²) in [4.78, 5) is 22.6. The number of hydrogen-bond acceptors (Lipinski definition) is 4. The summed E-state index contributed by atoms with van der Waals surface area (Å²) >= 11 is 0. The molecule has 2 amide bonds. The molecule has 0 aliphatic rings. The number of carbonyl (C=O) groups is 2. The van der Waals surface area contributed by atoms with Crippen molar-refractivity contribution in [3.63, 3.8) is 0 Å². The number of nitrogens with zero attached hydrogens (tertiary/aromatic N) is 2. The fraction of sp³-hybridized carbons (Fsp3) is 0. The minimum Gasteiger partial charge on any atom is -0.382 e. The first kappa shape index (κ1) is 18.8. The second kappa shape index (κ2) is 7.31. The first-order valence-electron chi connectivity index (χ1n) is 7.98. The molecule has 7 nitrogen and oxygen atoms in total. The molecule has 9 heteroatoms. The lowest BCUT2D eigenvalue weighted by atomic mass is 10.1. The lowest BCUT2D eigenvalue weighted by Crippen LogP contribution is -2.12. The van der Waals surface area contributed by atoms with Crippen molar-refractivity contribution in [2.75, 3.05) is 11.1 Å². The van der Waals surface area contributed by atoms with Crippen LogP contribution in [0.15, 0.2) is 55.3 Å². The van der Waals surface area contributed by atoms with E-state index in [0.29, 0.717) is 16.8 Å². The van der Waals surface area contributed by atoms with Crippen molar-refractivity contribution in [3.8, 4) is 16.8 Å². The van der Waals surface area contributed by atoms with Gasteiger partial charge in [0, 0.05) is 17.4 Å². The number of nitrogens with one attached hydrogen (secondary N) is 1. The van der Waals surface area contributed by atoms with Crippen molar-refractivity contribution < 1.29 is 18.4 Å². The highest BCUT2D eigenvalue weighted by Gasteiger charge is 2.16. The number of aromatic nitrogens is 2. The van der Waals surface area contributed by atoms with E-state index in [0.717, 1.165) is 18.2 Å². The molecule has 5 N–H and O–H groups in total. The topological polar surface area (TPSA) is 116 Å². The number of hydrogen-bond donors (Lipinski definition) is 3. The Morgan fingerprint density at radius 1 is 1.14 bits per heavy atom. The van der Waals surface area contributed by atoms with Crippen LogP contribution in [0.5, 0.6) is 0 Å². The first-order valence-corrected chi connectivity index (χ1v) is 7.98. The maximum Gasteiger partial charge on any atom is 0.251 e. The average Bonchev–Trinajstić information content (AvgIpc) is 3.04. The van der Waals surface area contributed by atoms with Gasteiger partial charge < -0.3 is 16.8 Å². The van der Waals surface area contributed by atoms with E-state index in [1.165, 1.54) is 35.1 Å². The monoisotopic (exact) mass is 383 g/mol. The van der Waals surface area contributed by atoms with Crippen molar-refractivity contribution in [2.45, 2.75) is 0 Å². The predicted molar refractivity (Wildman–Crippen MR) is 101 cm³/mol. The summed E-state index contributed by atoms with van der Waals surface area (Å²) in [6.07, 6.45) is 2.49. The molecule has 0 bridgehead atoms. The number of primary amides is 1. The molecule has 0 spiro atoms. The van der Waals surface area contributed by atoms with Gasteiger partial charge in [-0.15, -0.1) is 5.10 Å². The standard InChI is InChI=1S/C19H15F2N5O2/c1-2-17(27)24-11-4-6-14(20)16(8-11)26-9-13(18(22)25-26)10-3-5-12(19(23)28)15(21)7-10/h2-9H,1H2,(H2,22,25)(H2,23,28)(H,24,27). The molecule has 28 heavy (non-hydrogen) atoms. The highest BCUT2D eigenvalue weighted by Crippen LogP contribution is 2.29. The molecule has 142 valence electrons. The van der Waals surface area contributed by atoms with E-state index in [9.17, 15) is 18.4 Å². The van der Waals surface area contributed by atoms with Gasteiger partial charge in [-0.2, -0.15) is 0 Å². The van der Waals surface area contributed by atoms with E-state index < -0.39 is 23.4 Å². The molecule has 0 radical (unpaired) electrons. The minimum absolute atomic E-state index is 0.0196. The SMILES string of the molecule is C=CC(=O)Nc1ccc(F)c(-n2cc(-c3ccc(C(N)=O)c(F)c3)c(N)n2)c1. The normalized spacial score (nSPS) is 10.5. The van der Waals surface area contributed by atoms with Crippen LogP contribution < -0.4 is 16.8 Å². The maximum absolute atomic E-state index is 14.3. The van der Waals surface area contributed by atoms with Crippen molar-refractivity contribution in [3.05, 3.63) is 72.4 Å². The van der Waals surface area contributed by atoms with E-state index in [4.69, 9.17) is 11.5 Å². The lowest BCUT2D eigenvalue weighted by molar-refractivity contribution is -0.111. The van der Waals surface area contributed by atoms with Gasteiger partial charge in [0.15, 0.2) is 5.82 Å². The second-order valence-corrected chi connectivity index (χ2v) is 5.79. The van der Waals surface area contributed by atoms with E-state index in [1.807, 2.05) is 0 Å². The van der Waals surface area contributed by atoms with Gasteiger partial charge in [-0.1, -0.05) is 12.6 Å². The third-order valence-electron chi connectivity index (χ3n) is 3.93. The van der Waals surface area contributed by atoms with Crippen LogP contribution in [-0.2, 0) is 4.79 Å². The van der Waals surface area contributed by atoms with E-state index in [-0.39, 0.29) is 17.1 Å². The molecule has 3 aromatic rings. The van der Waals surface area contributed by atoms with Crippen LogP contribution in [0.4, 0.5) is 20.3 Å². The van der Waals surface area contributed by atoms with Gasteiger partial charge in [0.1, 0.15) is 17.3 Å². The molecule has 0 unspecified atom stereocenters. The molecule has 0 saturated carbocycles.